The van der Waals surface area contributed by atoms with Gasteiger partial charge >= 0.3 is 0 Å². The highest BCUT2D eigenvalue weighted by atomic mass is 16.5. The molecule has 0 radical (unpaired) electrons. The Hall–Kier alpha value is -2.36. The van der Waals surface area contributed by atoms with E-state index in [0.717, 1.165) is 28.5 Å². The summed E-state index contributed by atoms with van der Waals surface area (Å²) in [5, 5.41) is 6.12. The lowest BCUT2D eigenvalue weighted by molar-refractivity contribution is -0.118. The molecule has 0 aliphatic heterocycles. The van der Waals surface area contributed by atoms with Crippen molar-refractivity contribution >= 4 is 22.9 Å². The number of rotatable bonds is 5. The van der Waals surface area contributed by atoms with Gasteiger partial charge in [0.1, 0.15) is 5.75 Å². The number of hydrazone groups is 1. The molecule has 0 bridgehead atoms. The van der Waals surface area contributed by atoms with Crippen molar-refractivity contribution in [1.29, 1.82) is 0 Å². The van der Waals surface area contributed by atoms with Crippen LogP contribution in [0.15, 0.2) is 41.5 Å². The van der Waals surface area contributed by atoms with E-state index in [1.165, 1.54) is 6.92 Å². The Bertz CT molecular complexity index is 635. The Balaban J connectivity index is 2.43. The van der Waals surface area contributed by atoms with Gasteiger partial charge in [-0.05, 0) is 23.3 Å². The summed E-state index contributed by atoms with van der Waals surface area (Å²) in [4.78, 5) is 10.9. The highest BCUT2D eigenvalue weighted by molar-refractivity contribution is 6.02. The van der Waals surface area contributed by atoms with E-state index in [4.69, 9.17) is 4.74 Å². The van der Waals surface area contributed by atoms with E-state index < -0.39 is 0 Å². The summed E-state index contributed by atoms with van der Waals surface area (Å²) >= 11 is 0. The van der Waals surface area contributed by atoms with Crippen molar-refractivity contribution in [2.75, 3.05) is 6.61 Å². The normalized spacial score (nSPS) is 10.9. The summed E-state index contributed by atoms with van der Waals surface area (Å²) in [6, 6.07) is 12.0. The number of nitrogens with zero attached hydrogens (tertiary/aromatic N) is 1. The molecule has 2 aromatic rings. The van der Waals surface area contributed by atoms with Gasteiger partial charge in [0.2, 0.25) is 5.91 Å². The highest BCUT2D eigenvalue weighted by Gasteiger charge is 2.06. The number of amides is 1. The summed E-state index contributed by atoms with van der Waals surface area (Å²) in [5.74, 6) is 0.581. The van der Waals surface area contributed by atoms with Crippen LogP contribution in [0.5, 0.6) is 5.75 Å². The fourth-order valence-electron chi connectivity index (χ4n) is 1.93. The van der Waals surface area contributed by atoms with Crippen LogP contribution in [-0.4, -0.2) is 18.7 Å². The minimum absolute atomic E-state index is 0.197. The van der Waals surface area contributed by atoms with Crippen LogP contribution in [0.25, 0.3) is 10.8 Å². The van der Waals surface area contributed by atoms with Crippen molar-refractivity contribution in [1.82, 2.24) is 5.43 Å². The van der Waals surface area contributed by atoms with Crippen molar-refractivity contribution in [3.8, 4) is 5.75 Å². The molecule has 0 atom stereocenters. The smallest absolute Gasteiger partial charge is 0.236 e. The minimum atomic E-state index is -0.197. The van der Waals surface area contributed by atoms with E-state index in [0.29, 0.717) is 6.61 Å². The number of fused-ring (bicyclic) bond motifs is 1. The first-order valence-corrected chi connectivity index (χ1v) is 6.66. The molecule has 1 amide bonds. The minimum Gasteiger partial charge on any atom is -0.493 e. The van der Waals surface area contributed by atoms with Gasteiger partial charge < -0.3 is 4.74 Å². The maximum Gasteiger partial charge on any atom is 0.236 e. The molecule has 4 nitrogen and oxygen atoms in total. The zero-order chi connectivity index (χ0) is 14.4. The second-order valence-electron chi connectivity index (χ2n) is 4.47. The number of carbonyl (C=O) groups excluding carboxylic acids is 1. The van der Waals surface area contributed by atoms with Gasteiger partial charge in [0.05, 0.1) is 12.8 Å². The molecule has 4 heteroatoms. The van der Waals surface area contributed by atoms with Crippen molar-refractivity contribution in [2.45, 2.75) is 20.3 Å². The van der Waals surface area contributed by atoms with Gasteiger partial charge in [0, 0.05) is 12.5 Å². The number of carbonyl (C=O) groups is 1. The van der Waals surface area contributed by atoms with Crippen molar-refractivity contribution in [3.63, 3.8) is 0 Å². The Morgan fingerprint density at radius 3 is 2.85 bits per heavy atom. The van der Waals surface area contributed by atoms with Gasteiger partial charge in [0.15, 0.2) is 0 Å². The van der Waals surface area contributed by atoms with E-state index in [1.807, 2.05) is 36.4 Å². The lowest BCUT2D eigenvalue weighted by atomic mass is 10.0. The Labute approximate surface area is 118 Å². The number of hydrogen-bond acceptors (Lipinski definition) is 3. The average Bonchev–Trinajstić information content (AvgIpc) is 2.45. The summed E-state index contributed by atoms with van der Waals surface area (Å²) in [5.41, 5.74) is 3.30. The Morgan fingerprint density at radius 1 is 1.30 bits per heavy atom. The van der Waals surface area contributed by atoms with Crippen LogP contribution in [0.4, 0.5) is 0 Å². The maximum atomic E-state index is 10.9. The number of hydrogen-bond donors (Lipinski definition) is 1. The van der Waals surface area contributed by atoms with Gasteiger partial charge in [-0.15, -0.1) is 0 Å². The molecule has 0 fully saturated rings. The molecule has 1 N–H and O–H groups in total. The van der Waals surface area contributed by atoms with Crippen molar-refractivity contribution in [2.24, 2.45) is 5.10 Å². The fourth-order valence-corrected chi connectivity index (χ4v) is 1.93. The molecule has 0 aromatic heterocycles. The van der Waals surface area contributed by atoms with Crippen LogP contribution in [0.1, 0.15) is 25.8 Å². The molecular weight excluding hydrogens is 252 g/mol. The van der Waals surface area contributed by atoms with Crippen LogP contribution in [-0.2, 0) is 4.79 Å². The van der Waals surface area contributed by atoms with Gasteiger partial charge in [-0.3, -0.25) is 4.79 Å². The van der Waals surface area contributed by atoms with Crippen LogP contribution < -0.4 is 10.2 Å². The first kappa shape index (κ1) is 14.1. The topological polar surface area (TPSA) is 50.7 Å². The first-order valence-electron chi connectivity index (χ1n) is 6.66. The maximum absolute atomic E-state index is 10.9. The highest BCUT2D eigenvalue weighted by Crippen LogP contribution is 2.26. The standard InChI is InChI=1S/C16H18N2O2/c1-3-10-20-16-9-8-13-6-4-5-7-14(13)15(16)11-17-18-12(2)19/h4-9,11H,3,10H2,1-2H3,(H,18,19)/b17-11-. The second-order valence-corrected chi connectivity index (χ2v) is 4.47. The average molecular weight is 270 g/mol. The van der Waals surface area contributed by atoms with Gasteiger partial charge in [-0.25, -0.2) is 5.43 Å². The Morgan fingerprint density at radius 2 is 2.10 bits per heavy atom. The molecule has 2 aromatic carbocycles. The zero-order valence-electron chi connectivity index (χ0n) is 11.7. The van der Waals surface area contributed by atoms with Gasteiger partial charge in [-0.2, -0.15) is 5.10 Å². The predicted molar refractivity (Wildman–Crippen MR) is 81.1 cm³/mol. The van der Waals surface area contributed by atoms with Gasteiger partial charge in [0.25, 0.3) is 0 Å². The molecule has 0 heterocycles. The first-order chi connectivity index (χ1) is 9.72. The monoisotopic (exact) mass is 270 g/mol. The zero-order valence-corrected chi connectivity index (χ0v) is 11.7. The number of benzene rings is 2. The van der Waals surface area contributed by atoms with Gasteiger partial charge in [-0.1, -0.05) is 37.3 Å². The van der Waals surface area contributed by atoms with Crippen LogP contribution in [0.2, 0.25) is 0 Å². The molecule has 0 saturated heterocycles. The molecular formula is C16H18N2O2. The SMILES string of the molecule is CCCOc1ccc2ccccc2c1/C=N\NC(C)=O. The largest absolute Gasteiger partial charge is 0.493 e. The summed E-state index contributed by atoms with van der Waals surface area (Å²) < 4.78 is 5.75. The molecule has 0 spiro atoms. The molecule has 0 aliphatic carbocycles. The third-order valence-corrected chi connectivity index (χ3v) is 2.81. The molecule has 2 rings (SSSR count). The van der Waals surface area contributed by atoms with E-state index in [2.05, 4.69) is 17.5 Å². The van der Waals surface area contributed by atoms with E-state index in [1.54, 1.807) is 6.21 Å². The van der Waals surface area contributed by atoms with Crippen LogP contribution >= 0.6 is 0 Å². The fraction of sp³-hybridized carbons (Fsp3) is 0.250. The molecule has 20 heavy (non-hydrogen) atoms. The van der Waals surface area contributed by atoms with E-state index in [9.17, 15) is 4.79 Å². The molecule has 0 unspecified atom stereocenters. The van der Waals surface area contributed by atoms with E-state index in [-0.39, 0.29) is 5.91 Å². The third-order valence-electron chi connectivity index (χ3n) is 2.81. The van der Waals surface area contributed by atoms with Crippen molar-refractivity contribution < 1.29 is 9.53 Å². The number of ether oxygens (including phenoxy) is 1. The third kappa shape index (κ3) is 3.35. The molecule has 0 aliphatic rings. The molecule has 0 saturated carbocycles. The van der Waals surface area contributed by atoms with Crippen molar-refractivity contribution in [3.05, 3.63) is 42.0 Å². The van der Waals surface area contributed by atoms with E-state index >= 15 is 0 Å². The van der Waals surface area contributed by atoms with Crippen LogP contribution in [0, 0.1) is 0 Å². The Kier molecular flexibility index (Phi) is 4.71. The number of nitrogens with one attached hydrogen (secondary N) is 1. The summed E-state index contributed by atoms with van der Waals surface area (Å²) in [6.07, 6.45) is 2.57. The summed E-state index contributed by atoms with van der Waals surface area (Å²) in [7, 11) is 0. The predicted octanol–water partition coefficient (Wildman–Crippen LogP) is 3.10. The summed E-state index contributed by atoms with van der Waals surface area (Å²) in [6.45, 7) is 4.14. The second kappa shape index (κ2) is 6.70. The lowest BCUT2D eigenvalue weighted by Crippen LogP contribution is -2.12. The molecule has 104 valence electrons. The quantitative estimate of drug-likeness (QED) is 0.670. The van der Waals surface area contributed by atoms with Crippen LogP contribution in [0.3, 0.4) is 0 Å². The lowest BCUT2D eigenvalue weighted by Gasteiger charge is -2.10.